The van der Waals surface area contributed by atoms with E-state index in [9.17, 15) is 14.9 Å². The molecular weight excluding hydrogens is 256 g/mol. The Morgan fingerprint density at radius 1 is 1.50 bits per heavy atom. The molecule has 0 spiro atoms. The van der Waals surface area contributed by atoms with Gasteiger partial charge < -0.3 is 5.73 Å². The molecule has 0 bridgehead atoms. The molecule has 2 N–H and O–H groups in total. The summed E-state index contributed by atoms with van der Waals surface area (Å²) in [5.74, 6) is -0.383. The van der Waals surface area contributed by atoms with Crippen molar-refractivity contribution in [1.29, 1.82) is 0 Å². The maximum absolute atomic E-state index is 11.2. The maximum atomic E-state index is 11.2. The maximum Gasteiger partial charge on any atom is 0.288 e. The molecule has 1 aromatic rings. The van der Waals surface area contributed by atoms with Gasteiger partial charge in [-0.05, 0) is 24.5 Å². The van der Waals surface area contributed by atoms with Crippen LogP contribution in [0.1, 0.15) is 25.8 Å². The van der Waals surface area contributed by atoms with Crippen LogP contribution in [-0.4, -0.2) is 10.8 Å². The quantitative estimate of drug-likeness (QED) is 0.659. The molecule has 0 aliphatic heterocycles. The van der Waals surface area contributed by atoms with Gasteiger partial charge in [0.15, 0.2) is 0 Å². The van der Waals surface area contributed by atoms with E-state index in [2.05, 4.69) is 0 Å². The van der Waals surface area contributed by atoms with Gasteiger partial charge in [0, 0.05) is 11.5 Å². The van der Waals surface area contributed by atoms with Crippen LogP contribution in [0.4, 0.5) is 5.69 Å². The summed E-state index contributed by atoms with van der Waals surface area (Å²) < 4.78 is 0. The molecule has 98 valence electrons. The van der Waals surface area contributed by atoms with Gasteiger partial charge in [-0.25, -0.2) is 0 Å². The molecule has 1 aromatic carbocycles. The molecular formula is C12H15ClN2O3. The van der Waals surface area contributed by atoms with Crippen LogP contribution in [0.3, 0.4) is 0 Å². The fourth-order valence-corrected chi connectivity index (χ4v) is 1.62. The first-order chi connectivity index (χ1) is 8.24. The summed E-state index contributed by atoms with van der Waals surface area (Å²) in [5, 5.41) is 10.8. The topological polar surface area (TPSA) is 86.2 Å². The number of carbonyl (C=O) groups is 1. The molecule has 18 heavy (non-hydrogen) atoms. The third-order valence-corrected chi connectivity index (χ3v) is 3.23. The monoisotopic (exact) mass is 270 g/mol. The van der Waals surface area contributed by atoms with Crippen LogP contribution in [0.5, 0.6) is 0 Å². The van der Waals surface area contributed by atoms with Crippen LogP contribution in [0.2, 0.25) is 5.02 Å². The van der Waals surface area contributed by atoms with Crippen LogP contribution in [-0.2, 0) is 11.2 Å². The van der Waals surface area contributed by atoms with Crippen LogP contribution >= 0.6 is 11.6 Å². The molecule has 0 radical (unpaired) electrons. The van der Waals surface area contributed by atoms with E-state index in [1.165, 1.54) is 12.1 Å². The summed E-state index contributed by atoms with van der Waals surface area (Å²) in [6.45, 7) is 3.50. The first-order valence-electron chi connectivity index (χ1n) is 5.47. The number of hydrogen-bond acceptors (Lipinski definition) is 3. The van der Waals surface area contributed by atoms with Crippen molar-refractivity contribution in [2.45, 2.75) is 26.7 Å². The lowest BCUT2D eigenvalue weighted by atomic mass is 9.85. The van der Waals surface area contributed by atoms with Gasteiger partial charge in [0.05, 0.1) is 4.92 Å². The van der Waals surface area contributed by atoms with Crippen molar-refractivity contribution in [2.75, 3.05) is 0 Å². The highest BCUT2D eigenvalue weighted by atomic mass is 35.5. The SMILES string of the molecule is CC(C)(CCc1ccc(Cl)c([N+](=O)[O-])c1)C(N)=O. The lowest BCUT2D eigenvalue weighted by Crippen LogP contribution is -2.31. The number of hydrogen-bond donors (Lipinski definition) is 1. The first-order valence-corrected chi connectivity index (χ1v) is 5.84. The lowest BCUT2D eigenvalue weighted by molar-refractivity contribution is -0.384. The Labute approximate surface area is 110 Å². The summed E-state index contributed by atoms with van der Waals surface area (Å²) >= 11 is 5.72. The predicted molar refractivity (Wildman–Crippen MR) is 69.4 cm³/mol. The Bertz CT molecular complexity index is 486. The molecule has 1 amide bonds. The first kappa shape index (κ1) is 14.4. The van der Waals surface area contributed by atoms with Gasteiger partial charge in [-0.15, -0.1) is 0 Å². The number of nitro benzene ring substituents is 1. The molecule has 6 heteroatoms. The summed E-state index contributed by atoms with van der Waals surface area (Å²) in [4.78, 5) is 21.4. The number of nitrogens with two attached hydrogens (primary N) is 1. The summed E-state index contributed by atoms with van der Waals surface area (Å²) in [7, 11) is 0. The van der Waals surface area contributed by atoms with E-state index in [0.29, 0.717) is 12.8 Å². The zero-order chi connectivity index (χ0) is 13.9. The second kappa shape index (κ2) is 5.35. The highest BCUT2D eigenvalue weighted by molar-refractivity contribution is 6.32. The number of rotatable bonds is 5. The average Bonchev–Trinajstić information content (AvgIpc) is 2.27. The van der Waals surface area contributed by atoms with E-state index in [-0.39, 0.29) is 16.6 Å². The van der Waals surface area contributed by atoms with Crippen molar-refractivity contribution in [3.05, 3.63) is 38.9 Å². The minimum Gasteiger partial charge on any atom is -0.369 e. The highest BCUT2D eigenvalue weighted by Crippen LogP contribution is 2.28. The van der Waals surface area contributed by atoms with Gasteiger partial charge in [-0.1, -0.05) is 31.5 Å². The molecule has 0 atom stereocenters. The molecule has 0 saturated carbocycles. The van der Waals surface area contributed by atoms with E-state index in [0.717, 1.165) is 5.56 Å². The molecule has 0 aromatic heterocycles. The molecule has 1 rings (SSSR count). The fraction of sp³-hybridized carbons (Fsp3) is 0.417. The van der Waals surface area contributed by atoms with Crippen molar-refractivity contribution in [1.82, 2.24) is 0 Å². The Morgan fingerprint density at radius 3 is 2.61 bits per heavy atom. The molecule has 5 nitrogen and oxygen atoms in total. The van der Waals surface area contributed by atoms with Gasteiger partial charge >= 0.3 is 0 Å². The van der Waals surface area contributed by atoms with Crippen molar-refractivity contribution < 1.29 is 9.72 Å². The number of aryl methyl sites for hydroxylation is 1. The van der Waals surface area contributed by atoms with Gasteiger partial charge in [0.1, 0.15) is 5.02 Å². The second-order valence-corrected chi connectivity index (χ2v) is 5.20. The number of carbonyl (C=O) groups excluding carboxylic acids is 1. The van der Waals surface area contributed by atoms with E-state index < -0.39 is 10.3 Å². The number of benzene rings is 1. The summed E-state index contributed by atoms with van der Waals surface area (Å²) in [6, 6.07) is 4.64. The highest BCUT2D eigenvalue weighted by Gasteiger charge is 2.24. The molecule has 0 saturated heterocycles. The van der Waals surface area contributed by atoms with E-state index in [4.69, 9.17) is 17.3 Å². The molecule has 0 aliphatic carbocycles. The third kappa shape index (κ3) is 3.43. The molecule has 0 aliphatic rings. The minimum absolute atomic E-state index is 0.109. The minimum atomic E-state index is -0.631. The zero-order valence-corrected chi connectivity index (χ0v) is 11.0. The number of primary amides is 1. The van der Waals surface area contributed by atoms with Crippen molar-refractivity contribution in [2.24, 2.45) is 11.1 Å². The lowest BCUT2D eigenvalue weighted by Gasteiger charge is -2.19. The van der Waals surface area contributed by atoms with Gasteiger partial charge in [-0.3, -0.25) is 14.9 Å². The zero-order valence-electron chi connectivity index (χ0n) is 10.3. The Kier molecular flexibility index (Phi) is 4.29. The van der Waals surface area contributed by atoms with Crippen LogP contribution < -0.4 is 5.73 Å². The van der Waals surface area contributed by atoms with E-state index in [1.807, 2.05) is 0 Å². The number of amides is 1. The number of halogens is 1. The fourth-order valence-electron chi connectivity index (χ4n) is 1.43. The largest absolute Gasteiger partial charge is 0.369 e. The standard InChI is InChI=1S/C12H15ClN2O3/c1-12(2,11(14)16)6-5-8-3-4-9(13)10(7-8)15(17)18/h3-4,7H,5-6H2,1-2H3,(H2,14,16). The smallest absolute Gasteiger partial charge is 0.288 e. The third-order valence-electron chi connectivity index (χ3n) is 2.91. The van der Waals surface area contributed by atoms with E-state index >= 15 is 0 Å². The number of nitrogens with zero attached hydrogens (tertiary/aromatic N) is 1. The Morgan fingerprint density at radius 2 is 2.11 bits per heavy atom. The molecule has 0 fully saturated rings. The van der Waals surface area contributed by atoms with Crippen molar-refractivity contribution >= 4 is 23.2 Å². The average molecular weight is 271 g/mol. The summed E-state index contributed by atoms with van der Waals surface area (Å²) in [6.07, 6.45) is 1.06. The number of nitro groups is 1. The molecule has 0 heterocycles. The van der Waals surface area contributed by atoms with Gasteiger partial charge in [0.2, 0.25) is 5.91 Å². The summed E-state index contributed by atoms with van der Waals surface area (Å²) in [5.41, 5.74) is 5.28. The van der Waals surface area contributed by atoms with Crippen LogP contribution in [0.25, 0.3) is 0 Å². The van der Waals surface area contributed by atoms with E-state index in [1.54, 1.807) is 19.9 Å². The van der Waals surface area contributed by atoms with Crippen molar-refractivity contribution in [3.63, 3.8) is 0 Å². The second-order valence-electron chi connectivity index (χ2n) is 4.79. The molecule has 0 unspecified atom stereocenters. The van der Waals surface area contributed by atoms with Crippen molar-refractivity contribution in [3.8, 4) is 0 Å². The van der Waals surface area contributed by atoms with Crippen LogP contribution in [0, 0.1) is 15.5 Å². The Balaban J connectivity index is 2.84. The van der Waals surface area contributed by atoms with Gasteiger partial charge in [-0.2, -0.15) is 0 Å². The van der Waals surface area contributed by atoms with Crippen LogP contribution in [0.15, 0.2) is 18.2 Å². The Hall–Kier alpha value is -1.62. The van der Waals surface area contributed by atoms with Gasteiger partial charge in [0.25, 0.3) is 5.69 Å². The predicted octanol–water partition coefficient (Wildman–Crippen LogP) is 2.69. The normalized spacial score (nSPS) is 11.3.